The number of carboxylic acids is 1. The van der Waals surface area contributed by atoms with Crippen LogP contribution in [-0.2, 0) is 4.79 Å². The first-order valence-corrected chi connectivity index (χ1v) is 6.36. The average molecular weight is 240 g/mol. The quantitative estimate of drug-likeness (QED) is 0.718. The van der Waals surface area contributed by atoms with E-state index in [1.165, 1.54) is 5.57 Å². The van der Waals surface area contributed by atoms with Crippen LogP contribution in [0.1, 0.15) is 61.3 Å². The van der Waals surface area contributed by atoms with Gasteiger partial charge in [0.05, 0.1) is 5.41 Å². The molecule has 0 amide bonds. The van der Waals surface area contributed by atoms with Gasteiger partial charge in [0.1, 0.15) is 0 Å². The van der Waals surface area contributed by atoms with Gasteiger partial charge in [-0.15, -0.1) is 0 Å². The monoisotopic (exact) mass is 240 g/mol. The van der Waals surface area contributed by atoms with Crippen molar-refractivity contribution in [1.29, 1.82) is 0 Å². The Morgan fingerprint density at radius 2 is 1.71 bits per heavy atom. The largest absolute Gasteiger partial charge is 0.481 e. The molecule has 0 saturated carbocycles. The molecule has 17 heavy (non-hydrogen) atoms. The second-order valence-corrected chi connectivity index (χ2v) is 7.01. The fourth-order valence-electron chi connectivity index (χ4n) is 1.68. The molecule has 2 nitrogen and oxygen atoms in total. The van der Waals surface area contributed by atoms with Crippen LogP contribution in [0.15, 0.2) is 11.6 Å². The maximum atomic E-state index is 11.1. The van der Waals surface area contributed by atoms with Crippen LogP contribution in [0.3, 0.4) is 0 Å². The molecule has 0 bridgehead atoms. The lowest BCUT2D eigenvalue weighted by atomic mass is 9.80. The third-order valence-corrected chi connectivity index (χ3v) is 3.21. The van der Waals surface area contributed by atoms with E-state index in [1.807, 2.05) is 0 Å². The number of aliphatic carboxylic acids is 1. The third-order valence-electron chi connectivity index (χ3n) is 3.21. The van der Waals surface area contributed by atoms with Crippen molar-refractivity contribution in [1.82, 2.24) is 0 Å². The summed E-state index contributed by atoms with van der Waals surface area (Å²) < 4.78 is 0. The summed E-state index contributed by atoms with van der Waals surface area (Å²) in [5.74, 6) is -0.392. The summed E-state index contributed by atoms with van der Waals surface area (Å²) in [5.41, 5.74) is 0.953. The van der Waals surface area contributed by atoms with Gasteiger partial charge < -0.3 is 5.11 Å². The Labute approximate surface area is 106 Å². The van der Waals surface area contributed by atoms with Crippen LogP contribution in [0.2, 0.25) is 0 Å². The van der Waals surface area contributed by atoms with Gasteiger partial charge in [-0.3, -0.25) is 4.79 Å². The zero-order chi connectivity index (χ0) is 13.9. The molecular weight excluding hydrogens is 212 g/mol. The minimum atomic E-state index is -0.715. The number of carbonyl (C=O) groups is 1. The second-order valence-electron chi connectivity index (χ2n) is 7.01. The van der Waals surface area contributed by atoms with Crippen LogP contribution in [0.25, 0.3) is 0 Å². The molecule has 100 valence electrons. The van der Waals surface area contributed by atoms with Gasteiger partial charge in [-0.2, -0.15) is 0 Å². The number of rotatable bonds is 5. The van der Waals surface area contributed by atoms with Crippen LogP contribution in [0.4, 0.5) is 0 Å². The molecule has 0 aromatic rings. The highest BCUT2D eigenvalue weighted by atomic mass is 16.4. The van der Waals surface area contributed by atoms with Crippen molar-refractivity contribution < 1.29 is 9.90 Å². The van der Waals surface area contributed by atoms with Crippen molar-refractivity contribution in [2.24, 2.45) is 16.7 Å². The maximum absolute atomic E-state index is 11.1. The van der Waals surface area contributed by atoms with Gasteiger partial charge in [0.15, 0.2) is 0 Å². The Balaban J connectivity index is 4.52. The number of hydrogen-bond acceptors (Lipinski definition) is 1. The molecule has 1 N–H and O–H groups in total. The molecule has 0 aromatic heterocycles. The Morgan fingerprint density at radius 3 is 2.06 bits per heavy atom. The van der Waals surface area contributed by atoms with Crippen molar-refractivity contribution in [3.8, 4) is 0 Å². The van der Waals surface area contributed by atoms with Crippen LogP contribution in [0, 0.1) is 16.7 Å². The highest BCUT2D eigenvalue weighted by Gasteiger charge is 2.29. The highest BCUT2D eigenvalue weighted by molar-refractivity contribution is 5.73. The Bertz CT molecular complexity index is 293. The zero-order valence-corrected chi connectivity index (χ0v) is 12.4. The van der Waals surface area contributed by atoms with Gasteiger partial charge >= 0.3 is 5.97 Å². The van der Waals surface area contributed by atoms with Crippen LogP contribution in [-0.4, -0.2) is 11.1 Å². The van der Waals surface area contributed by atoms with E-state index in [9.17, 15) is 4.79 Å². The van der Waals surface area contributed by atoms with Gasteiger partial charge in [0.2, 0.25) is 0 Å². The molecule has 0 aliphatic carbocycles. The van der Waals surface area contributed by atoms with E-state index in [0.29, 0.717) is 17.8 Å². The van der Waals surface area contributed by atoms with Gasteiger partial charge in [-0.05, 0) is 44.9 Å². The van der Waals surface area contributed by atoms with E-state index < -0.39 is 11.4 Å². The predicted molar refractivity (Wildman–Crippen MR) is 73.0 cm³/mol. The van der Waals surface area contributed by atoms with E-state index in [-0.39, 0.29) is 0 Å². The van der Waals surface area contributed by atoms with E-state index >= 15 is 0 Å². The summed E-state index contributed by atoms with van der Waals surface area (Å²) in [5, 5.41) is 9.11. The van der Waals surface area contributed by atoms with E-state index in [4.69, 9.17) is 5.11 Å². The zero-order valence-electron chi connectivity index (χ0n) is 12.4. The molecule has 0 saturated heterocycles. The smallest absolute Gasteiger partial charge is 0.309 e. The van der Waals surface area contributed by atoms with Crippen molar-refractivity contribution in [3.63, 3.8) is 0 Å². The van der Waals surface area contributed by atoms with Crippen molar-refractivity contribution in [3.05, 3.63) is 11.6 Å². The van der Waals surface area contributed by atoms with Gasteiger partial charge in [0.25, 0.3) is 0 Å². The van der Waals surface area contributed by atoms with E-state index in [1.54, 1.807) is 13.8 Å². The normalized spacial score (nSPS) is 15.8. The number of carboxylic acid groups (broad SMARTS) is 1. The van der Waals surface area contributed by atoms with Crippen LogP contribution >= 0.6 is 0 Å². The van der Waals surface area contributed by atoms with E-state index in [0.717, 1.165) is 6.42 Å². The van der Waals surface area contributed by atoms with Gasteiger partial charge in [0, 0.05) is 0 Å². The molecular formula is C15H28O2. The molecule has 0 aliphatic heterocycles. The lowest BCUT2D eigenvalue weighted by Crippen LogP contribution is -2.26. The van der Waals surface area contributed by atoms with E-state index in [2.05, 4.69) is 40.7 Å². The first-order chi connectivity index (χ1) is 7.46. The molecule has 0 heterocycles. The number of allylic oxidation sites excluding steroid dienone is 2. The molecule has 2 heteroatoms. The minimum absolute atomic E-state index is 0.295. The first-order valence-electron chi connectivity index (χ1n) is 6.36. The highest BCUT2D eigenvalue weighted by Crippen LogP contribution is 2.30. The molecule has 0 aromatic carbocycles. The average Bonchev–Trinajstić information content (AvgIpc) is 2.11. The topological polar surface area (TPSA) is 37.3 Å². The Kier molecular flexibility index (Phi) is 5.44. The molecule has 0 fully saturated rings. The van der Waals surface area contributed by atoms with Crippen LogP contribution in [0.5, 0.6) is 0 Å². The second kappa shape index (κ2) is 5.70. The summed E-state index contributed by atoms with van der Waals surface area (Å²) >= 11 is 0. The number of hydrogen-bond donors (Lipinski definition) is 1. The third kappa shape index (κ3) is 6.50. The molecule has 0 aliphatic rings. The SMILES string of the molecule is CC(=CCC(C)(C)C)C(C)CC(C)(C)C(=O)O. The summed E-state index contributed by atoms with van der Waals surface area (Å²) in [6.45, 7) is 14.4. The van der Waals surface area contributed by atoms with Crippen molar-refractivity contribution >= 4 is 5.97 Å². The van der Waals surface area contributed by atoms with Gasteiger partial charge in [-0.1, -0.05) is 39.3 Å². The Hall–Kier alpha value is -0.790. The first kappa shape index (κ1) is 16.2. The summed E-state index contributed by atoms with van der Waals surface area (Å²) in [4.78, 5) is 11.1. The fourth-order valence-corrected chi connectivity index (χ4v) is 1.68. The standard InChI is InChI=1S/C15H28O2/c1-11(8-9-14(3,4)5)12(2)10-15(6,7)13(16)17/h8,12H,9-10H2,1-7H3,(H,16,17). The summed E-state index contributed by atoms with van der Waals surface area (Å²) in [6, 6.07) is 0. The lowest BCUT2D eigenvalue weighted by Gasteiger charge is -2.25. The molecule has 1 unspecified atom stereocenters. The van der Waals surface area contributed by atoms with Crippen molar-refractivity contribution in [2.75, 3.05) is 0 Å². The predicted octanol–water partition coefficient (Wildman–Crippen LogP) is 4.51. The van der Waals surface area contributed by atoms with Gasteiger partial charge in [-0.25, -0.2) is 0 Å². The lowest BCUT2D eigenvalue weighted by molar-refractivity contribution is -0.147. The molecule has 0 radical (unpaired) electrons. The van der Waals surface area contributed by atoms with Crippen molar-refractivity contribution in [2.45, 2.75) is 61.3 Å². The minimum Gasteiger partial charge on any atom is -0.481 e. The molecule has 0 spiro atoms. The maximum Gasteiger partial charge on any atom is 0.309 e. The fraction of sp³-hybridized carbons (Fsp3) is 0.800. The summed E-state index contributed by atoms with van der Waals surface area (Å²) in [7, 11) is 0. The van der Waals surface area contributed by atoms with Crippen LogP contribution < -0.4 is 0 Å². The molecule has 1 atom stereocenters. The Morgan fingerprint density at radius 1 is 1.24 bits per heavy atom. The summed E-state index contributed by atoms with van der Waals surface area (Å²) in [6.07, 6.45) is 3.98. The molecule has 0 rings (SSSR count).